The molecule has 31 heavy (non-hydrogen) atoms. The second-order valence-electron chi connectivity index (χ2n) is 8.39. The van der Waals surface area contributed by atoms with Gasteiger partial charge in [-0.15, -0.1) is 0 Å². The first-order valence-electron chi connectivity index (χ1n) is 11.0. The first kappa shape index (κ1) is 22.8. The fourth-order valence-electron chi connectivity index (χ4n) is 3.86. The summed E-state index contributed by atoms with van der Waals surface area (Å²) in [5, 5.41) is 5.91. The van der Waals surface area contributed by atoms with Crippen molar-refractivity contribution < 1.29 is 14.3 Å². The lowest BCUT2D eigenvalue weighted by Crippen LogP contribution is -2.49. The molecule has 0 radical (unpaired) electrons. The maximum absolute atomic E-state index is 12.9. The Balaban J connectivity index is 1.61. The normalized spacial score (nSPS) is 15.0. The standard InChI is InChI=1S/C25H33N3O3/c1-18(2)23(27-24(29)19-10-12-22(31-3)13-11-19)25(30)26-16-20-8-4-5-9-21(20)17-28-14-6-7-15-28/h4-5,8-13,18,23H,6-7,14-17H2,1-3H3,(H,26,30)(H,27,29)/t23-/m0/s1. The highest BCUT2D eigenvalue weighted by Crippen LogP contribution is 2.16. The van der Waals surface area contributed by atoms with Crippen LogP contribution in [0.15, 0.2) is 48.5 Å². The molecule has 1 aliphatic rings. The number of benzene rings is 2. The summed E-state index contributed by atoms with van der Waals surface area (Å²) < 4.78 is 5.13. The third-order valence-electron chi connectivity index (χ3n) is 5.75. The van der Waals surface area contributed by atoms with E-state index in [1.54, 1.807) is 31.4 Å². The molecule has 0 spiro atoms. The van der Waals surface area contributed by atoms with Crippen LogP contribution in [0.4, 0.5) is 0 Å². The molecule has 6 heteroatoms. The number of carbonyl (C=O) groups excluding carboxylic acids is 2. The highest BCUT2D eigenvalue weighted by Gasteiger charge is 2.25. The first-order valence-corrected chi connectivity index (χ1v) is 11.0. The third-order valence-corrected chi connectivity index (χ3v) is 5.75. The number of nitrogens with one attached hydrogen (secondary N) is 2. The van der Waals surface area contributed by atoms with E-state index in [9.17, 15) is 9.59 Å². The topological polar surface area (TPSA) is 70.7 Å². The SMILES string of the molecule is COc1ccc(C(=O)N[C@H](C(=O)NCc2ccccc2CN2CCCC2)C(C)C)cc1. The van der Waals surface area contributed by atoms with E-state index < -0.39 is 6.04 Å². The minimum Gasteiger partial charge on any atom is -0.497 e. The molecule has 1 atom stereocenters. The Bertz CT molecular complexity index is 874. The predicted octanol–water partition coefficient (Wildman–Crippen LogP) is 3.36. The van der Waals surface area contributed by atoms with Gasteiger partial charge in [0.15, 0.2) is 0 Å². The van der Waals surface area contributed by atoms with Crippen molar-refractivity contribution in [2.24, 2.45) is 5.92 Å². The lowest BCUT2D eigenvalue weighted by Gasteiger charge is -2.23. The van der Waals surface area contributed by atoms with Gasteiger partial charge in [0.2, 0.25) is 5.91 Å². The zero-order valence-corrected chi connectivity index (χ0v) is 18.7. The smallest absolute Gasteiger partial charge is 0.251 e. The van der Waals surface area contributed by atoms with Crippen LogP contribution in [0, 0.1) is 5.92 Å². The first-order chi connectivity index (χ1) is 15.0. The lowest BCUT2D eigenvalue weighted by atomic mass is 10.0. The van der Waals surface area contributed by atoms with Crippen LogP contribution in [0.1, 0.15) is 48.2 Å². The van der Waals surface area contributed by atoms with Gasteiger partial charge in [0.1, 0.15) is 11.8 Å². The van der Waals surface area contributed by atoms with E-state index in [-0.39, 0.29) is 17.7 Å². The number of nitrogens with zero attached hydrogens (tertiary/aromatic N) is 1. The van der Waals surface area contributed by atoms with Crippen LogP contribution in [0.2, 0.25) is 0 Å². The Hall–Kier alpha value is -2.86. The molecule has 0 bridgehead atoms. The Kier molecular flexibility index (Phi) is 8.06. The van der Waals surface area contributed by atoms with Crippen LogP contribution in [0.25, 0.3) is 0 Å². The summed E-state index contributed by atoms with van der Waals surface area (Å²) in [6.07, 6.45) is 2.51. The molecule has 3 rings (SSSR count). The molecule has 166 valence electrons. The number of amides is 2. The molecule has 1 heterocycles. The number of likely N-dealkylation sites (tertiary alicyclic amines) is 1. The minimum atomic E-state index is -0.611. The predicted molar refractivity (Wildman–Crippen MR) is 122 cm³/mol. The van der Waals surface area contributed by atoms with Crippen LogP contribution in [0.5, 0.6) is 5.75 Å². The van der Waals surface area contributed by atoms with E-state index in [0.29, 0.717) is 17.9 Å². The zero-order valence-electron chi connectivity index (χ0n) is 18.7. The molecular formula is C25H33N3O3. The number of carbonyl (C=O) groups is 2. The lowest BCUT2D eigenvalue weighted by molar-refractivity contribution is -0.124. The largest absolute Gasteiger partial charge is 0.497 e. The van der Waals surface area contributed by atoms with E-state index in [1.807, 2.05) is 26.0 Å². The third kappa shape index (κ3) is 6.31. The zero-order chi connectivity index (χ0) is 22.2. The summed E-state index contributed by atoms with van der Waals surface area (Å²) in [4.78, 5) is 28.0. The Labute approximate surface area is 185 Å². The summed E-state index contributed by atoms with van der Waals surface area (Å²) in [5.41, 5.74) is 2.86. The quantitative estimate of drug-likeness (QED) is 0.649. The molecule has 2 N–H and O–H groups in total. The Morgan fingerprint density at radius 2 is 1.65 bits per heavy atom. The van der Waals surface area contributed by atoms with Crippen molar-refractivity contribution in [3.63, 3.8) is 0 Å². The number of ether oxygens (including phenoxy) is 1. The molecule has 0 aliphatic carbocycles. The van der Waals surface area contributed by atoms with Gasteiger partial charge in [-0.05, 0) is 67.2 Å². The van der Waals surface area contributed by atoms with E-state index >= 15 is 0 Å². The van der Waals surface area contributed by atoms with E-state index in [0.717, 1.165) is 25.2 Å². The van der Waals surface area contributed by atoms with Crippen LogP contribution in [-0.2, 0) is 17.9 Å². The summed E-state index contributed by atoms with van der Waals surface area (Å²) in [7, 11) is 1.58. The van der Waals surface area contributed by atoms with E-state index in [2.05, 4.69) is 27.7 Å². The fraction of sp³-hybridized carbons (Fsp3) is 0.440. The van der Waals surface area contributed by atoms with Crippen LogP contribution < -0.4 is 15.4 Å². The monoisotopic (exact) mass is 423 g/mol. The van der Waals surface area contributed by atoms with Gasteiger partial charge in [0.25, 0.3) is 5.91 Å². The van der Waals surface area contributed by atoms with Crippen molar-refractivity contribution >= 4 is 11.8 Å². The minimum absolute atomic E-state index is 0.0398. The summed E-state index contributed by atoms with van der Waals surface area (Å²) >= 11 is 0. The van der Waals surface area contributed by atoms with Crippen molar-refractivity contribution in [3.05, 3.63) is 65.2 Å². The maximum atomic E-state index is 12.9. The van der Waals surface area contributed by atoms with Crippen LogP contribution in [0.3, 0.4) is 0 Å². The molecular weight excluding hydrogens is 390 g/mol. The van der Waals surface area contributed by atoms with Gasteiger partial charge >= 0.3 is 0 Å². The molecule has 0 unspecified atom stereocenters. The molecule has 6 nitrogen and oxygen atoms in total. The van der Waals surface area contributed by atoms with Crippen LogP contribution in [-0.4, -0.2) is 43.0 Å². The Morgan fingerprint density at radius 3 is 2.26 bits per heavy atom. The molecule has 1 aliphatic heterocycles. The van der Waals surface area contributed by atoms with Gasteiger partial charge in [0, 0.05) is 18.7 Å². The average molecular weight is 424 g/mol. The molecule has 2 aromatic rings. The number of hydrogen-bond donors (Lipinski definition) is 2. The van der Waals surface area contributed by atoms with Crippen molar-refractivity contribution in [2.75, 3.05) is 20.2 Å². The highest BCUT2D eigenvalue weighted by atomic mass is 16.5. The second kappa shape index (κ2) is 11.0. The van der Waals surface area contributed by atoms with Gasteiger partial charge in [-0.25, -0.2) is 0 Å². The van der Waals surface area contributed by atoms with Crippen molar-refractivity contribution in [1.29, 1.82) is 0 Å². The number of hydrogen-bond acceptors (Lipinski definition) is 4. The van der Waals surface area contributed by atoms with E-state index in [4.69, 9.17) is 4.74 Å². The van der Waals surface area contributed by atoms with Gasteiger partial charge in [0.05, 0.1) is 7.11 Å². The van der Waals surface area contributed by atoms with Gasteiger partial charge in [-0.2, -0.15) is 0 Å². The fourth-order valence-corrected chi connectivity index (χ4v) is 3.86. The Morgan fingerprint density at radius 1 is 1.00 bits per heavy atom. The van der Waals surface area contributed by atoms with Crippen molar-refractivity contribution in [1.82, 2.24) is 15.5 Å². The van der Waals surface area contributed by atoms with Crippen molar-refractivity contribution in [2.45, 2.75) is 45.8 Å². The number of rotatable bonds is 9. The molecule has 1 fully saturated rings. The average Bonchev–Trinajstić information content (AvgIpc) is 3.29. The number of methoxy groups -OCH3 is 1. The van der Waals surface area contributed by atoms with Crippen molar-refractivity contribution in [3.8, 4) is 5.75 Å². The summed E-state index contributed by atoms with van der Waals surface area (Å²) in [5.74, 6) is 0.197. The maximum Gasteiger partial charge on any atom is 0.251 e. The van der Waals surface area contributed by atoms with Gasteiger partial charge < -0.3 is 15.4 Å². The molecule has 0 saturated carbocycles. The summed E-state index contributed by atoms with van der Waals surface area (Å²) in [6.45, 7) is 7.49. The van der Waals surface area contributed by atoms with Crippen LogP contribution >= 0.6 is 0 Å². The van der Waals surface area contributed by atoms with Gasteiger partial charge in [-0.3, -0.25) is 14.5 Å². The van der Waals surface area contributed by atoms with Gasteiger partial charge in [-0.1, -0.05) is 38.1 Å². The highest BCUT2D eigenvalue weighted by molar-refractivity contribution is 5.97. The molecule has 2 amide bonds. The van der Waals surface area contributed by atoms with E-state index in [1.165, 1.54) is 18.4 Å². The molecule has 1 saturated heterocycles. The second-order valence-corrected chi connectivity index (χ2v) is 8.39. The molecule has 0 aromatic heterocycles. The summed E-state index contributed by atoms with van der Waals surface area (Å²) in [6, 6.07) is 14.5. The molecule has 2 aromatic carbocycles.